The molecule has 7 nitrogen and oxygen atoms in total. The molecule has 1 aromatic rings. The van der Waals surface area contributed by atoms with E-state index in [1.54, 1.807) is 17.0 Å². The Kier molecular flexibility index (Phi) is 5.11. The average Bonchev–Trinajstić information content (AvgIpc) is 3.09. The third kappa shape index (κ3) is 4.04. The topological polar surface area (TPSA) is 83.0 Å². The van der Waals surface area contributed by atoms with E-state index >= 15 is 0 Å². The SMILES string of the molecule is O=C(NC1CCCCC1N1Cc2ccc(C3N=C(C(F)(F)F)ON3)cc2C1=O)[C@H]1CC1(F)F. The molecular formula is C21H21F5N4O3. The fourth-order valence-electron chi connectivity index (χ4n) is 4.77. The Hall–Kier alpha value is -2.76. The van der Waals surface area contributed by atoms with E-state index in [0.717, 1.165) is 12.8 Å². The highest BCUT2D eigenvalue weighted by molar-refractivity contribution is 5.99. The third-order valence-corrected chi connectivity index (χ3v) is 6.64. The van der Waals surface area contributed by atoms with Gasteiger partial charge in [-0.1, -0.05) is 25.0 Å². The van der Waals surface area contributed by atoms with E-state index in [4.69, 9.17) is 0 Å². The summed E-state index contributed by atoms with van der Waals surface area (Å²) in [4.78, 5) is 35.0. The second kappa shape index (κ2) is 7.64. The van der Waals surface area contributed by atoms with Gasteiger partial charge >= 0.3 is 12.1 Å². The van der Waals surface area contributed by atoms with Gasteiger partial charge in [0.1, 0.15) is 5.92 Å². The summed E-state index contributed by atoms with van der Waals surface area (Å²) in [6.45, 7) is 0.275. The summed E-state index contributed by atoms with van der Waals surface area (Å²) in [6, 6.07) is 3.95. The molecule has 4 atom stereocenters. The van der Waals surface area contributed by atoms with Gasteiger partial charge in [0.15, 0.2) is 6.17 Å². The summed E-state index contributed by atoms with van der Waals surface area (Å²) < 4.78 is 64.9. The van der Waals surface area contributed by atoms with Crippen molar-refractivity contribution in [3.05, 3.63) is 34.9 Å². The molecule has 12 heteroatoms. The fourth-order valence-corrected chi connectivity index (χ4v) is 4.77. The molecule has 3 unspecified atom stereocenters. The molecule has 0 radical (unpaired) electrons. The number of hydroxylamine groups is 1. The first-order valence-corrected chi connectivity index (χ1v) is 10.7. The Balaban J connectivity index is 1.32. The Labute approximate surface area is 185 Å². The molecule has 33 heavy (non-hydrogen) atoms. The van der Waals surface area contributed by atoms with Gasteiger partial charge in [-0.25, -0.2) is 13.8 Å². The predicted octanol–water partition coefficient (Wildman–Crippen LogP) is 3.22. The number of amides is 2. The summed E-state index contributed by atoms with van der Waals surface area (Å²) >= 11 is 0. The minimum atomic E-state index is -4.73. The van der Waals surface area contributed by atoms with Gasteiger partial charge < -0.3 is 15.1 Å². The number of halogens is 5. The van der Waals surface area contributed by atoms with Crippen LogP contribution in [0.25, 0.3) is 0 Å². The number of benzene rings is 1. The Bertz CT molecular complexity index is 1030. The van der Waals surface area contributed by atoms with Crippen LogP contribution in [0.2, 0.25) is 0 Å². The van der Waals surface area contributed by atoms with E-state index in [2.05, 4.69) is 20.6 Å². The molecule has 2 N–H and O–H groups in total. The first kappa shape index (κ1) is 22.1. The van der Waals surface area contributed by atoms with Crippen molar-refractivity contribution in [2.75, 3.05) is 0 Å². The van der Waals surface area contributed by atoms with Crippen molar-refractivity contribution in [1.82, 2.24) is 15.7 Å². The number of carbonyl (C=O) groups is 2. The van der Waals surface area contributed by atoms with Gasteiger partial charge in [0.25, 0.3) is 11.8 Å². The van der Waals surface area contributed by atoms with Crippen LogP contribution in [0.1, 0.15) is 59.8 Å². The zero-order valence-electron chi connectivity index (χ0n) is 17.3. The van der Waals surface area contributed by atoms with Gasteiger partial charge in [-0.3, -0.25) is 9.59 Å². The zero-order chi connectivity index (χ0) is 23.5. The van der Waals surface area contributed by atoms with E-state index in [-0.39, 0.29) is 18.5 Å². The van der Waals surface area contributed by atoms with Gasteiger partial charge in [-0.15, -0.1) is 5.48 Å². The number of aliphatic imine (C=N–C) groups is 1. The molecule has 2 saturated carbocycles. The Morgan fingerprint density at radius 2 is 1.97 bits per heavy atom. The number of hydrogen-bond acceptors (Lipinski definition) is 5. The number of alkyl halides is 5. The molecule has 5 rings (SSSR count). The minimum Gasteiger partial charge on any atom is -0.381 e. The highest BCUT2D eigenvalue weighted by Crippen LogP contribution is 2.48. The van der Waals surface area contributed by atoms with Crippen molar-refractivity contribution in [3.63, 3.8) is 0 Å². The van der Waals surface area contributed by atoms with E-state index in [1.165, 1.54) is 6.07 Å². The van der Waals surface area contributed by atoms with Crippen LogP contribution in [0.3, 0.4) is 0 Å². The van der Waals surface area contributed by atoms with Crippen LogP contribution in [0.4, 0.5) is 22.0 Å². The summed E-state index contributed by atoms with van der Waals surface area (Å²) in [5, 5.41) is 2.72. The van der Waals surface area contributed by atoms with Crippen LogP contribution < -0.4 is 10.8 Å². The molecule has 178 valence electrons. The van der Waals surface area contributed by atoms with E-state index in [9.17, 15) is 31.5 Å². The summed E-state index contributed by atoms with van der Waals surface area (Å²) in [7, 11) is 0. The number of carbonyl (C=O) groups excluding carboxylic acids is 2. The van der Waals surface area contributed by atoms with Gasteiger partial charge in [-0.05, 0) is 30.0 Å². The molecule has 0 spiro atoms. The van der Waals surface area contributed by atoms with Crippen molar-refractivity contribution in [2.24, 2.45) is 10.9 Å². The average molecular weight is 472 g/mol. The van der Waals surface area contributed by atoms with Gasteiger partial charge in [0.2, 0.25) is 5.91 Å². The number of hydrogen-bond donors (Lipinski definition) is 2. The highest BCUT2D eigenvalue weighted by atomic mass is 19.4. The molecule has 2 aliphatic heterocycles. The van der Waals surface area contributed by atoms with Crippen molar-refractivity contribution < 1.29 is 36.4 Å². The molecular weight excluding hydrogens is 451 g/mol. The lowest BCUT2D eigenvalue weighted by molar-refractivity contribution is -0.125. The van der Waals surface area contributed by atoms with Crippen LogP contribution in [-0.4, -0.2) is 46.8 Å². The monoisotopic (exact) mass is 472 g/mol. The second-order valence-corrected chi connectivity index (χ2v) is 8.89. The number of fused-ring (bicyclic) bond motifs is 1. The lowest BCUT2D eigenvalue weighted by Gasteiger charge is -2.38. The lowest BCUT2D eigenvalue weighted by Crippen LogP contribution is -2.53. The molecule has 0 aromatic heterocycles. The minimum absolute atomic E-state index is 0.275. The summed E-state index contributed by atoms with van der Waals surface area (Å²) in [5.41, 5.74) is 3.59. The normalized spacial score (nSPS) is 30.5. The van der Waals surface area contributed by atoms with E-state index in [1.807, 2.05) is 0 Å². The summed E-state index contributed by atoms with van der Waals surface area (Å²) in [5.74, 6) is -6.65. The smallest absolute Gasteiger partial charge is 0.381 e. The van der Waals surface area contributed by atoms with Crippen LogP contribution in [-0.2, 0) is 16.2 Å². The van der Waals surface area contributed by atoms with Crippen molar-refractivity contribution in [2.45, 2.75) is 69.0 Å². The molecule has 0 bridgehead atoms. The number of nitrogens with one attached hydrogen (secondary N) is 2. The predicted molar refractivity (Wildman–Crippen MR) is 104 cm³/mol. The van der Waals surface area contributed by atoms with Crippen LogP contribution in [0.15, 0.2) is 23.2 Å². The summed E-state index contributed by atoms with van der Waals surface area (Å²) in [6.07, 6.45) is -3.43. The lowest BCUT2D eigenvalue weighted by atomic mass is 9.89. The van der Waals surface area contributed by atoms with Crippen LogP contribution in [0, 0.1) is 5.92 Å². The van der Waals surface area contributed by atoms with Gasteiger partial charge in [-0.2, -0.15) is 13.2 Å². The Morgan fingerprint density at radius 3 is 2.64 bits per heavy atom. The maximum atomic E-state index is 13.3. The number of rotatable bonds is 4. The number of nitrogens with zero attached hydrogens (tertiary/aromatic N) is 2. The molecule has 1 aromatic carbocycles. The quantitative estimate of drug-likeness (QED) is 0.660. The molecule has 4 aliphatic rings. The van der Waals surface area contributed by atoms with E-state index < -0.39 is 48.5 Å². The molecule has 0 saturated heterocycles. The van der Waals surface area contributed by atoms with Gasteiger partial charge in [0.05, 0.1) is 6.04 Å². The van der Waals surface area contributed by atoms with Crippen molar-refractivity contribution in [1.29, 1.82) is 0 Å². The Morgan fingerprint density at radius 1 is 1.24 bits per heavy atom. The maximum Gasteiger partial charge on any atom is 0.470 e. The maximum absolute atomic E-state index is 13.3. The van der Waals surface area contributed by atoms with Gasteiger partial charge in [0, 0.05) is 24.6 Å². The zero-order valence-corrected chi connectivity index (χ0v) is 17.3. The third-order valence-electron chi connectivity index (χ3n) is 6.64. The first-order valence-electron chi connectivity index (χ1n) is 10.7. The van der Waals surface area contributed by atoms with E-state index in [0.29, 0.717) is 29.5 Å². The van der Waals surface area contributed by atoms with Crippen LogP contribution in [0.5, 0.6) is 0 Å². The second-order valence-electron chi connectivity index (χ2n) is 8.89. The highest BCUT2D eigenvalue weighted by Gasteiger charge is 2.61. The van der Waals surface area contributed by atoms with Crippen molar-refractivity contribution in [3.8, 4) is 0 Å². The molecule has 2 aliphatic carbocycles. The first-order chi connectivity index (χ1) is 15.5. The fraction of sp³-hybridized carbons (Fsp3) is 0.571. The molecule has 2 heterocycles. The van der Waals surface area contributed by atoms with Crippen LogP contribution >= 0.6 is 0 Å². The molecule has 2 fully saturated rings. The molecule has 2 amide bonds. The largest absolute Gasteiger partial charge is 0.470 e. The van der Waals surface area contributed by atoms with Crippen molar-refractivity contribution >= 4 is 17.7 Å². The standard InChI is InChI=1S/C21H21F5N4O3/c22-20(23)8-13(20)17(31)27-14-3-1-2-4-15(14)30-9-11-6-5-10(7-12(11)18(30)32)16-28-19(33-29-16)21(24,25)26/h5-7,13-16,29H,1-4,8-9H2,(H,27,31)/t13-,14?,15?,16?/m1/s1.